The molecule has 8 nitrogen and oxygen atoms in total. The third kappa shape index (κ3) is 6.43. The lowest BCUT2D eigenvalue weighted by molar-refractivity contribution is -0.137. The topological polar surface area (TPSA) is 84.4 Å². The Kier molecular flexibility index (Phi) is 7.99. The molecular weight excluding hydrogens is 404 g/mol. The van der Waals surface area contributed by atoms with Gasteiger partial charge < -0.3 is 24.4 Å². The molecule has 0 unspecified atom stereocenters. The van der Waals surface area contributed by atoms with Crippen LogP contribution in [0.15, 0.2) is 53.6 Å². The highest BCUT2D eigenvalue weighted by Gasteiger charge is 2.18. The maximum Gasteiger partial charge on any atom is 0.260 e. The van der Waals surface area contributed by atoms with Gasteiger partial charge in [0.1, 0.15) is 0 Å². The number of para-hydroxylation sites is 1. The Morgan fingerprint density at radius 2 is 1.97 bits per heavy atom. The van der Waals surface area contributed by atoms with Crippen LogP contribution in [0.2, 0.25) is 0 Å². The number of ether oxygens (including phenoxy) is 3. The number of thiocarbonyl (C=S) groups is 1. The first-order valence-electron chi connectivity index (χ1n) is 9.47. The summed E-state index contributed by atoms with van der Waals surface area (Å²) in [7, 11) is 1.55. The van der Waals surface area contributed by atoms with E-state index in [0.29, 0.717) is 42.9 Å². The van der Waals surface area contributed by atoms with Crippen molar-refractivity contribution in [3.8, 4) is 11.5 Å². The molecule has 0 bridgehead atoms. The third-order valence-corrected chi connectivity index (χ3v) is 4.51. The molecule has 0 spiro atoms. The number of rotatable bonds is 7. The second kappa shape index (κ2) is 11.1. The van der Waals surface area contributed by atoms with E-state index in [1.807, 2.05) is 36.4 Å². The van der Waals surface area contributed by atoms with E-state index in [0.717, 1.165) is 11.3 Å². The number of carbonyl (C=O) groups is 1. The second-order valence-electron chi connectivity index (χ2n) is 6.38. The van der Waals surface area contributed by atoms with Crippen LogP contribution in [0.4, 0.5) is 5.69 Å². The highest BCUT2D eigenvalue weighted by atomic mass is 32.1. The Balaban J connectivity index is 1.52. The van der Waals surface area contributed by atoms with Crippen molar-refractivity contribution >= 4 is 35.1 Å². The van der Waals surface area contributed by atoms with Crippen molar-refractivity contribution in [1.29, 1.82) is 0 Å². The predicted molar refractivity (Wildman–Crippen MR) is 119 cm³/mol. The van der Waals surface area contributed by atoms with Crippen LogP contribution >= 0.6 is 12.2 Å². The first-order chi connectivity index (χ1) is 14.7. The molecule has 0 atom stereocenters. The van der Waals surface area contributed by atoms with Gasteiger partial charge in [0.15, 0.2) is 23.2 Å². The molecule has 3 rings (SSSR count). The third-order valence-electron chi connectivity index (χ3n) is 4.31. The van der Waals surface area contributed by atoms with E-state index >= 15 is 0 Å². The van der Waals surface area contributed by atoms with E-state index in [9.17, 15) is 4.79 Å². The first kappa shape index (κ1) is 21.5. The van der Waals surface area contributed by atoms with Gasteiger partial charge in [-0.15, -0.1) is 0 Å². The minimum Gasteiger partial charge on any atom is -0.493 e. The summed E-state index contributed by atoms with van der Waals surface area (Å²) in [4.78, 5) is 14.0. The maximum absolute atomic E-state index is 12.2. The van der Waals surface area contributed by atoms with Gasteiger partial charge in [-0.3, -0.25) is 10.2 Å². The Bertz CT molecular complexity index is 886. The van der Waals surface area contributed by atoms with E-state index in [1.54, 1.807) is 30.4 Å². The Morgan fingerprint density at radius 1 is 1.20 bits per heavy atom. The number of carbonyl (C=O) groups excluding carboxylic acids is 1. The van der Waals surface area contributed by atoms with Gasteiger partial charge in [0, 0.05) is 18.8 Å². The van der Waals surface area contributed by atoms with E-state index in [4.69, 9.17) is 26.4 Å². The highest BCUT2D eigenvalue weighted by Crippen LogP contribution is 2.27. The summed E-state index contributed by atoms with van der Waals surface area (Å²) in [5, 5.41) is 7.54. The van der Waals surface area contributed by atoms with Gasteiger partial charge >= 0.3 is 0 Å². The van der Waals surface area contributed by atoms with Gasteiger partial charge in [0.25, 0.3) is 5.91 Å². The molecule has 2 aromatic rings. The molecule has 9 heteroatoms. The molecule has 0 aliphatic carbocycles. The summed E-state index contributed by atoms with van der Waals surface area (Å²) < 4.78 is 16.3. The Hall–Kier alpha value is -3.17. The number of hydrogen-bond acceptors (Lipinski definition) is 6. The molecule has 1 amide bonds. The van der Waals surface area contributed by atoms with Crippen LogP contribution in [-0.4, -0.2) is 62.2 Å². The molecule has 1 aliphatic rings. The minimum absolute atomic E-state index is 0.0508. The maximum atomic E-state index is 12.2. The van der Waals surface area contributed by atoms with E-state index in [2.05, 4.69) is 15.8 Å². The summed E-state index contributed by atoms with van der Waals surface area (Å²) in [6.07, 6.45) is 1.62. The number of amides is 1. The van der Waals surface area contributed by atoms with Crippen LogP contribution in [0.5, 0.6) is 11.5 Å². The van der Waals surface area contributed by atoms with E-state index in [-0.39, 0.29) is 12.5 Å². The van der Waals surface area contributed by atoms with Crippen molar-refractivity contribution in [3.63, 3.8) is 0 Å². The molecule has 158 valence electrons. The number of nitrogens with one attached hydrogen (secondary N) is 2. The zero-order valence-corrected chi connectivity index (χ0v) is 17.5. The zero-order valence-electron chi connectivity index (χ0n) is 16.7. The summed E-state index contributed by atoms with van der Waals surface area (Å²) in [6, 6.07) is 14.9. The molecule has 1 fully saturated rings. The van der Waals surface area contributed by atoms with Gasteiger partial charge in [0.05, 0.1) is 26.5 Å². The van der Waals surface area contributed by atoms with Crippen LogP contribution < -0.4 is 20.2 Å². The van der Waals surface area contributed by atoms with Gasteiger partial charge in [-0.1, -0.05) is 18.2 Å². The average molecular weight is 429 g/mol. The SMILES string of the molecule is COc1cc(C=NNC(=S)Nc2ccccc2)ccc1OCC(=O)N1CCOCC1. The average Bonchev–Trinajstić information content (AvgIpc) is 2.79. The molecule has 1 heterocycles. The molecule has 2 aromatic carbocycles. The van der Waals surface area contributed by atoms with Crippen LogP contribution in [-0.2, 0) is 9.53 Å². The number of hydrogen-bond donors (Lipinski definition) is 2. The van der Waals surface area contributed by atoms with Gasteiger partial charge in [0.2, 0.25) is 0 Å². The summed E-state index contributed by atoms with van der Waals surface area (Å²) in [5.74, 6) is 0.929. The lowest BCUT2D eigenvalue weighted by Gasteiger charge is -2.26. The van der Waals surface area contributed by atoms with Gasteiger partial charge in [-0.25, -0.2) is 0 Å². The second-order valence-corrected chi connectivity index (χ2v) is 6.79. The lowest BCUT2D eigenvalue weighted by atomic mass is 10.2. The Morgan fingerprint density at radius 3 is 2.70 bits per heavy atom. The number of methoxy groups -OCH3 is 1. The number of benzene rings is 2. The number of nitrogens with zero attached hydrogens (tertiary/aromatic N) is 2. The molecule has 0 aromatic heterocycles. The normalized spacial score (nSPS) is 13.7. The van der Waals surface area contributed by atoms with Crippen LogP contribution in [0, 0.1) is 0 Å². The first-order valence-corrected chi connectivity index (χ1v) is 9.88. The van der Waals surface area contributed by atoms with E-state index < -0.39 is 0 Å². The van der Waals surface area contributed by atoms with Crippen molar-refractivity contribution in [1.82, 2.24) is 10.3 Å². The van der Waals surface area contributed by atoms with Gasteiger partial charge in [-0.2, -0.15) is 5.10 Å². The standard InChI is InChI=1S/C21H24N4O4S/c1-27-19-13-16(14-22-24-21(30)23-17-5-3-2-4-6-17)7-8-18(19)29-15-20(26)25-9-11-28-12-10-25/h2-8,13-14H,9-12,15H2,1H3,(H2,23,24,30). The fourth-order valence-corrected chi connectivity index (χ4v) is 2.94. The van der Waals surface area contributed by atoms with Crippen LogP contribution in [0.25, 0.3) is 0 Å². The smallest absolute Gasteiger partial charge is 0.260 e. The van der Waals surface area contributed by atoms with Crippen molar-refractivity contribution in [2.24, 2.45) is 5.10 Å². The minimum atomic E-state index is -0.0744. The quantitative estimate of drug-likeness (QED) is 0.398. The monoisotopic (exact) mass is 428 g/mol. The van der Waals surface area contributed by atoms with Gasteiger partial charge in [-0.05, 0) is 48.1 Å². The molecule has 1 aliphatic heterocycles. The summed E-state index contributed by atoms with van der Waals surface area (Å²) in [5.41, 5.74) is 4.43. The molecule has 30 heavy (non-hydrogen) atoms. The van der Waals surface area contributed by atoms with Crippen molar-refractivity contribution in [2.75, 3.05) is 45.3 Å². The number of morpholine rings is 1. The number of anilines is 1. The molecular formula is C21H24N4O4S. The zero-order chi connectivity index (χ0) is 21.2. The van der Waals surface area contributed by atoms with Crippen molar-refractivity contribution in [2.45, 2.75) is 0 Å². The summed E-state index contributed by atoms with van der Waals surface area (Å²) in [6.45, 7) is 2.24. The predicted octanol–water partition coefficient (Wildman–Crippen LogP) is 2.25. The van der Waals surface area contributed by atoms with Crippen LogP contribution in [0.1, 0.15) is 5.56 Å². The summed E-state index contributed by atoms with van der Waals surface area (Å²) >= 11 is 5.21. The van der Waals surface area contributed by atoms with E-state index in [1.165, 1.54) is 0 Å². The fraction of sp³-hybridized carbons (Fsp3) is 0.286. The van der Waals surface area contributed by atoms with Crippen LogP contribution in [0.3, 0.4) is 0 Å². The van der Waals surface area contributed by atoms with Crippen molar-refractivity contribution in [3.05, 3.63) is 54.1 Å². The number of hydrazone groups is 1. The fourth-order valence-electron chi connectivity index (χ4n) is 2.77. The molecule has 2 N–H and O–H groups in total. The Labute approximate surface area is 180 Å². The lowest BCUT2D eigenvalue weighted by Crippen LogP contribution is -2.43. The molecule has 0 radical (unpaired) electrons. The van der Waals surface area contributed by atoms with Crippen molar-refractivity contribution < 1.29 is 19.0 Å². The highest BCUT2D eigenvalue weighted by molar-refractivity contribution is 7.80. The molecule has 1 saturated heterocycles. The largest absolute Gasteiger partial charge is 0.493 e. The molecule has 0 saturated carbocycles.